The number of aromatic nitrogens is 3. The third-order valence-corrected chi connectivity index (χ3v) is 6.37. The number of nitrogens with one attached hydrogen (secondary N) is 1. The molecular weight excluding hydrogens is 390 g/mol. The van der Waals surface area contributed by atoms with Gasteiger partial charge in [-0.1, -0.05) is 54.6 Å². The van der Waals surface area contributed by atoms with Crippen molar-refractivity contribution in [2.45, 2.75) is 0 Å². The third kappa shape index (κ3) is 2.39. The number of para-hydroxylation sites is 2. The summed E-state index contributed by atoms with van der Waals surface area (Å²) in [5.74, 6) is 0. The lowest BCUT2D eigenvalue weighted by Gasteiger charge is -2.07. The van der Waals surface area contributed by atoms with Crippen molar-refractivity contribution in [1.29, 1.82) is 0 Å². The zero-order chi connectivity index (χ0) is 21.1. The number of hydrogen-bond donors (Lipinski definition) is 1. The zero-order valence-corrected chi connectivity index (χ0v) is 17.3. The van der Waals surface area contributed by atoms with Crippen molar-refractivity contribution in [3.05, 3.63) is 109 Å². The Hall–Kier alpha value is -4.37. The Labute approximate surface area is 184 Å². The number of pyridine rings is 1. The molecule has 0 amide bonds. The van der Waals surface area contributed by atoms with Gasteiger partial charge >= 0.3 is 0 Å². The Kier molecular flexibility index (Phi) is 3.55. The van der Waals surface area contributed by atoms with E-state index in [9.17, 15) is 0 Å². The van der Waals surface area contributed by atoms with Crippen LogP contribution in [0.1, 0.15) is 0 Å². The number of H-pyrrole nitrogens is 1. The molecule has 0 atom stereocenters. The molecule has 3 nitrogen and oxygen atoms in total. The van der Waals surface area contributed by atoms with E-state index in [1.165, 1.54) is 38.3 Å². The molecular formula is C29H19N3. The second-order valence-electron chi connectivity index (χ2n) is 8.17. The van der Waals surface area contributed by atoms with Crippen LogP contribution in [0.2, 0.25) is 0 Å². The van der Waals surface area contributed by atoms with Gasteiger partial charge in [-0.15, -0.1) is 0 Å². The minimum absolute atomic E-state index is 0.985. The second kappa shape index (κ2) is 6.56. The van der Waals surface area contributed by atoms with Gasteiger partial charge < -0.3 is 9.55 Å². The standard InChI is InChI=1S/C29H19N3/c1-2-8-20(9-3-1)32-26-12-5-4-10-22(26)29-27(32)16-15-24-28(29)21-14-13-19(18-25(21)31-24)23-11-6-7-17-30-23/h1-18,31H. The van der Waals surface area contributed by atoms with Crippen LogP contribution in [0.3, 0.4) is 0 Å². The quantitative estimate of drug-likeness (QED) is 0.315. The fraction of sp³-hybridized carbons (Fsp3) is 0. The SMILES string of the molecule is c1ccc(-n2c3ccccc3c3c4c(ccc32)[nH]c2cc(-c3ccccn3)ccc24)cc1. The van der Waals surface area contributed by atoms with Crippen molar-refractivity contribution in [2.24, 2.45) is 0 Å². The summed E-state index contributed by atoms with van der Waals surface area (Å²) in [6, 6.07) is 36.4. The molecule has 0 saturated heterocycles. The molecule has 0 aliphatic rings. The van der Waals surface area contributed by atoms with E-state index < -0.39 is 0 Å². The van der Waals surface area contributed by atoms with Crippen LogP contribution in [0.5, 0.6) is 0 Å². The van der Waals surface area contributed by atoms with Gasteiger partial charge in [-0.25, -0.2) is 0 Å². The highest BCUT2D eigenvalue weighted by Crippen LogP contribution is 2.40. The summed E-state index contributed by atoms with van der Waals surface area (Å²) in [5.41, 5.74) is 8.01. The van der Waals surface area contributed by atoms with Gasteiger partial charge in [0.2, 0.25) is 0 Å². The van der Waals surface area contributed by atoms with Crippen molar-refractivity contribution in [1.82, 2.24) is 14.5 Å². The van der Waals surface area contributed by atoms with Crippen molar-refractivity contribution in [2.75, 3.05) is 0 Å². The Balaban J connectivity index is 1.60. The molecule has 0 radical (unpaired) electrons. The molecule has 0 aliphatic carbocycles. The largest absolute Gasteiger partial charge is 0.354 e. The lowest BCUT2D eigenvalue weighted by Crippen LogP contribution is -1.92. The molecule has 0 aliphatic heterocycles. The first kappa shape index (κ1) is 17.3. The topological polar surface area (TPSA) is 33.6 Å². The monoisotopic (exact) mass is 409 g/mol. The van der Waals surface area contributed by atoms with Gasteiger partial charge in [0.05, 0.1) is 16.7 Å². The Morgan fingerprint density at radius 1 is 0.594 bits per heavy atom. The van der Waals surface area contributed by atoms with Gasteiger partial charge in [0.1, 0.15) is 0 Å². The molecule has 0 unspecified atom stereocenters. The molecule has 7 rings (SSSR count). The van der Waals surface area contributed by atoms with E-state index >= 15 is 0 Å². The fourth-order valence-corrected chi connectivity index (χ4v) is 5.00. The molecule has 4 aromatic carbocycles. The van der Waals surface area contributed by atoms with Gasteiger partial charge in [-0.05, 0) is 48.5 Å². The number of benzene rings is 4. The van der Waals surface area contributed by atoms with Gasteiger partial charge in [-0.2, -0.15) is 0 Å². The maximum atomic E-state index is 4.52. The first-order valence-corrected chi connectivity index (χ1v) is 10.8. The first-order chi connectivity index (χ1) is 15.9. The highest BCUT2D eigenvalue weighted by molar-refractivity contribution is 6.28. The molecule has 32 heavy (non-hydrogen) atoms. The van der Waals surface area contributed by atoms with Crippen LogP contribution in [0.4, 0.5) is 0 Å². The summed E-state index contributed by atoms with van der Waals surface area (Å²) in [7, 11) is 0. The number of fused-ring (bicyclic) bond motifs is 7. The number of aromatic amines is 1. The number of rotatable bonds is 2. The lowest BCUT2D eigenvalue weighted by atomic mass is 10.0. The van der Waals surface area contributed by atoms with Crippen LogP contribution in [-0.2, 0) is 0 Å². The third-order valence-electron chi connectivity index (χ3n) is 6.37. The lowest BCUT2D eigenvalue weighted by molar-refractivity contribution is 1.18. The van der Waals surface area contributed by atoms with E-state index in [2.05, 4.69) is 106 Å². The van der Waals surface area contributed by atoms with Crippen molar-refractivity contribution in [3.8, 4) is 16.9 Å². The molecule has 0 fully saturated rings. The van der Waals surface area contributed by atoms with Crippen LogP contribution in [-0.4, -0.2) is 14.5 Å². The van der Waals surface area contributed by atoms with Crippen LogP contribution in [0.25, 0.3) is 60.6 Å². The zero-order valence-electron chi connectivity index (χ0n) is 17.3. The summed E-state index contributed by atoms with van der Waals surface area (Å²) in [4.78, 5) is 8.18. The number of nitrogens with zero attached hydrogens (tertiary/aromatic N) is 2. The summed E-state index contributed by atoms with van der Waals surface area (Å²) in [5, 5.41) is 5.07. The molecule has 3 heteroatoms. The van der Waals surface area contributed by atoms with Crippen molar-refractivity contribution < 1.29 is 0 Å². The smallest absolute Gasteiger partial charge is 0.0702 e. The van der Waals surface area contributed by atoms with Crippen LogP contribution in [0.15, 0.2) is 109 Å². The van der Waals surface area contributed by atoms with E-state index in [4.69, 9.17) is 0 Å². The molecule has 0 spiro atoms. The Bertz CT molecular complexity index is 1760. The van der Waals surface area contributed by atoms with Crippen LogP contribution < -0.4 is 0 Å². The van der Waals surface area contributed by atoms with E-state index in [1.807, 2.05) is 18.3 Å². The normalized spacial score (nSPS) is 11.8. The summed E-state index contributed by atoms with van der Waals surface area (Å²) in [6.07, 6.45) is 1.84. The van der Waals surface area contributed by atoms with Crippen LogP contribution >= 0.6 is 0 Å². The van der Waals surface area contributed by atoms with Gasteiger partial charge in [0.25, 0.3) is 0 Å². The molecule has 150 valence electrons. The average molecular weight is 409 g/mol. The van der Waals surface area contributed by atoms with E-state index in [0.717, 1.165) is 22.3 Å². The minimum atomic E-state index is 0.985. The van der Waals surface area contributed by atoms with Gasteiger partial charge in [-0.3, -0.25) is 4.98 Å². The minimum Gasteiger partial charge on any atom is -0.354 e. The highest BCUT2D eigenvalue weighted by atomic mass is 15.0. The fourth-order valence-electron chi connectivity index (χ4n) is 5.00. The molecule has 3 heterocycles. The Morgan fingerprint density at radius 3 is 2.31 bits per heavy atom. The Morgan fingerprint density at radius 2 is 1.44 bits per heavy atom. The van der Waals surface area contributed by atoms with E-state index in [-0.39, 0.29) is 0 Å². The maximum absolute atomic E-state index is 4.52. The predicted molar refractivity (Wildman–Crippen MR) is 133 cm³/mol. The summed E-state index contributed by atoms with van der Waals surface area (Å²) >= 11 is 0. The molecule has 0 saturated carbocycles. The predicted octanol–water partition coefficient (Wildman–Crippen LogP) is 7.48. The number of hydrogen-bond acceptors (Lipinski definition) is 1. The summed E-state index contributed by atoms with van der Waals surface area (Å²) < 4.78 is 2.37. The molecule has 3 aromatic heterocycles. The van der Waals surface area contributed by atoms with Crippen molar-refractivity contribution >= 4 is 43.6 Å². The summed E-state index contributed by atoms with van der Waals surface area (Å²) in [6.45, 7) is 0. The maximum Gasteiger partial charge on any atom is 0.0702 e. The van der Waals surface area contributed by atoms with Crippen molar-refractivity contribution in [3.63, 3.8) is 0 Å². The first-order valence-electron chi connectivity index (χ1n) is 10.8. The molecule has 1 N–H and O–H groups in total. The average Bonchev–Trinajstić information content (AvgIpc) is 3.40. The van der Waals surface area contributed by atoms with Gasteiger partial charge in [0, 0.05) is 50.0 Å². The molecule has 7 aromatic rings. The van der Waals surface area contributed by atoms with Crippen LogP contribution in [0, 0.1) is 0 Å². The second-order valence-corrected chi connectivity index (χ2v) is 8.17. The highest BCUT2D eigenvalue weighted by Gasteiger charge is 2.17. The molecule has 0 bridgehead atoms. The van der Waals surface area contributed by atoms with E-state index in [0.29, 0.717) is 0 Å². The van der Waals surface area contributed by atoms with E-state index in [1.54, 1.807) is 0 Å². The van der Waals surface area contributed by atoms with Gasteiger partial charge in [0.15, 0.2) is 0 Å².